The van der Waals surface area contributed by atoms with Gasteiger partial charge in [-0.3, -0.25) is 0 Å². The standard InChI is InChI=1S/C23H16ClNO/c24-20-14-11-17(12-15-20)13-16-21-25-22(18-7-3-1-4-8-18)23(26-21)19-9-5-2-6-10-19/h1-16H. The number of nitrogens with zero attached hydrogens (tertiary/aromatic N) is 1. The second-order valence-corrected chi connectivity index (χ2v) is 6.28. The van der Waals surface area contributed by atoms with Crippen molar-refractivity contribution in [1.82, 2.24) is 4.98 Å². The van der Waals surface area contributed by atoms with Crippen LogP contribution in [0.25, 0.3) is 34.7 Å². The highest BCUT2D eigenvalue weighted by molar-refractivity contribution is 6.30. The van der Waals surface area contributed by atoms with Crippen LogP contribution < -0.4 is 0 Å². The molecular weight excluding hydrogens is 342 g/mol. The molecule has 126 valence electrons. The molecule has 0 atom stereocenters. The van der Waals surface area contributed by atoms with Crippen LogP contribution in [0.15, 0.2) is 89.3 Å². The van der Waals surface area contributed by atoms with Crippen molar-refractivity contribution in [3.8, 4) is 22.6 Å². The molecule has 0 N–H and O–H groups in total. The molecule has 0 fully saturated rings. The van der Waals surface area contributed by atoms with Crippen LogP contribution in [0, 0.1) is 0 Å². The topological polar surface area (TPSA) is 26.0 Å². The minimum atomic E-state index is 0.567. The van der Waals surface area contributed by atoms with Gasteiger partial charge in [0.15, 0.2) is 5.76 Å². The van der Waals surface area contributed by atoms with Gasteiger partial charge in [0, 0.05) is 22.2 Å². The van der Waals surface area contributed by atoms with Crippen LogP contribution in [-0.2, 0) is 0 Å². The van der Waals surface area contributed by atoms with Gasteiger partial charge in [0.05, 0.1) is 0 Å². The van der Waals surface area contributed by atoms with Gasteiger partial charge in [0.25, 0.3) is 0 Å². The second kappa shape index (κ2) is 7.42. The van der Waals surface area contributed by atoms with Gasteiger partial charge in [-0.15, -0.1) is 0 Å². The van der Waals surface area contributed by atoms with E-state index in [1.807, 2.05) is 97.1 Å². The zero-order valence-corrected chi connectivity index (χ0v) is 14.7. The van der Waals surface area contributed by atoms with Crippen LogP contribution in [0.4, 0.5) is 0 Å². The fourth-order valence-corrected chi connectivity index (χ4v) is 2.85. The van der Waals surface area contributed by atoms with E-state index in [1.54, 1.807) is 0 Å². The average Bonchev–Trinajstić information content (AvgIpc) is 3.13. The van der Waals surface area contributed by atoms with E-state index in [0.29, 0.717) is 5.89 Å². The molecule has 0 saturated heterocycles. The number of aromatic nitrogens is 1. The molecule has 0 aliphatic heterocycles. The lowest BCUT2D eigenvalue weighted by molar-refractivity contribution is 0.561. The Morgan fingerprint density at radius 1 is 0.692 bits per heavy atom. The molecule has 4 aromatic rings. The summed E-state index contributed by atoms with van der Waals surface area (Å²) >= 11 is 5.93. The Balaban J connectivity index is 1.75. The van der Waals surface area contributed by atoms with Crippen molar-refractivity contribution >= 4 is 23.8 Å². The number of oxazole rings is 1. The highest BCUT2D eigenvalue weighted by Crippen LogP contribution is 2.33. The molecule has 0 spiro atoms. The first kappa shape index (κ1) is 16.4. The summed E-state index contributed by atoms with van der Waals surface area (Å²) in [7, 11) is 0. The number of hydrogen-bond donors (Lipinski definition) is 0. The predicted molar refractivity (Wildman–Crippen MR) is 108 cm³/mol. The van der Waals surface area contributed by atoms with E-state index in [2.05, 4.69) is 0 Å². The molecular formula is C23H16ClNO. The fourth-order valence-electron chi connectivity index (χ4n) is 2.73. The highest BCUT2D eigenvalue weighted by Gasteiger charge is 2.15. The van der Waals surface area contributed by atoms with Crippen molar-refractivity contribution in [1.29, 1.82) is 0 Å². The first-order chi connectivity index (χ1) is 12.8. The third-order valence-corrected chi connectivity index (χ3v) is 4.27. The van der Waals surface area contributed by atoms with Crippen molar-refractivity contribution in [3.63, 3.8) is 0 Å². The molecule has 0 saturated carbocycles. The van der Waals surface area contributed by atoms with Gasteiger partial charge in [0.1, 0.15) is 5.69 Å². The first-order valence-electron chi connectivity index (χ1n) is 8.35. The van der Waals surface area contributed by atoms with Crippen molar-refractivity contribution in [2.75, 3.05) is 0 Å². The molecule has 1 aromatic heterocycles. The molecule has 0 amide bonds. The van der Waals surface area contributed by atoms with E-state index < -0.39 is 0 Å². The summed E-state index contributed by atoms with van der Waals surface area (Å²) in [5.41, 5.74) is 3.91. The lowest BCUT2D eigenvalue weighted by atomic mass is 10.1. The third-order valence-electron chi connectivity index (χ3n) is 4.02. The number of hydrogen-bond acceptors (Lipinski definition) is 2. The third kappa shape index (κ3) is 3.61. The van der Waals surface area contributed by atoms with Gasteiger partial charge in [0.2, 0.25) is 5.89 Å². The van der Waals surface area contributed by atoms with Crippen LogP contribution in [0.5, 0.6) is 0 Å². The Labute approximate surface area is 157 Å². The van der Waals surface area contributed by atoms with Gasteiger partial charge >= 0.3 is 0 Å². The maximum absolute atomic E-state index is 6.08. The van der Waals surface area contributed by atoms with Crippen LogP contribution in [0.1, 0.15) is 11.5 Å². The maximum atomic E-state index is 6.08. The Morgan fingerprint density at radius 3 is 1.96 bits per heavy atom. The highest BCUT2D eigenvalue weighted by atomic mass is 35.5. The molecule has 0 aliphatic rings. The Bertz CT molecular complexity index is 962. The molecule has 26 heavy (non-hydrogen) atoms. The largest absolute Gasteiger partial charge is 0.436 e. The number of rotatable bonds is 4. The van der Waals surface area contributed by atoms with Gasteiger partial charge < -0.3 is 4.42 Å². The maximum Gasteiger partial charge on any atom is 0.220 e. The summed E-state index contributed by atoms with van der Waals surface area (Å²) in [5.74, 6) is 1.34. The van der Waals surface area contributed by atoms with Crippen molar-refractivity contribution < 1.29 is 4.42 Å². The number of halogens is 1. The van der Waals surface area contributed by atoms with E-state index in [4.69, 9.17) is 21.0 Å². The summed E-state index contributed by atoms with van der Waals surface area (Å²) in [5, 5.41) is 0.719. The SMILES string of the molecule is Clc1ccc(C=Cc2nc(-c3ccccc3)c(-c3ccccc3)o2)cc1. The van der Waals surface area contributed by atoms with Crippen molar-refractivity contribution in [2.24, 2.45) is 0 Å². The summed E-state index contributed by atoms with van der Waals surface area (Å²) in [6, 6.07) is 27.7. The molecule has 0 aliphatic carbocycles. The molecule has 3 aromatic carbocycles. The Morgan fingerprint density at radius 2 is 1.31 bits per heavy atom. The zero-order valence-electron chi connectivity index (χ0n) is 14.0. The molecule has 4 rings (SSSR count). The van der Waals surface area contributed by atoms with Crippen molar-refractivity contribution in [2.45, 2.75) is 0 Å². The van der Waals surface area contributed by atoms with Gasteiger partial charge in [-0.1, -0.05) is 84.4 Å². The predicted octanol–water partition coefficient (Wildman–Crippen LogP) is 6.83. The molecule has 1 heterocycles. The van der Waals surface area contributed by atoms with E-state index in [0.717, 1.165) is 33.2 Å². The molecule has 2 nitrogen and oxygen atoms in total. The normalized spacial score (nSPS) is 11.1. The van der Waals surface area contributed by atoms with Crippen LogP contribution in [0.2, 0.25) is 5.02 Å². The van der Waals surface area contributed by atoms with Gasteiger partial charge in [-0.2, -0.15) is 0 Å². The molecule has 3 heteroatoms. The molecule has 0 radical (unpaired) electrons. The first-order valence-corrected chi connectivity index (χ1v) is 8.73. The smallest absolute Gasteiger partial charge is 0.220 e. The average molecular weight is 358 g/mol. The zero-order chi connectivity index (χ0) is 17.8. The fraction of sp³-hybridized carbons (Fsp3) is 0. The van der Waals surface area contributed by atoms with E-state index in [1.165, 1.54) is 0 Å². The number of benzene rings is 3. The summed E-state index contributed by atoms with van der Waals surface area (Å²) in [6.45, 7) is 0. The van der Waals surface area contributed by atoms with Crippen LogP contribution in [0.3, 0.4) is 0 Å². The molecule has 0 unspecified atom stereocenters. The van der Waals surface area contributed by atoms with E-state index in [9.17, 15) is 0 Å². The quantitative estimate of drug-likeness (QED) is 0.400. The summed E-state index contributed by atoms with van der Waals surface area (Å²) < 4.78 is 6.08. The Kier molecular flexibility index (Phi) is 4.67. The lowest BCUT2D eigenvalue weighted by Gasteiger charge is -2.00. The Hall–Kier alpha value is -3.10. The monoisotopic (exact) mass is 357 g/mol. The second-order valence-electron chi connectivity index (χ2n) is 5.85. The minimum absolute atomic E-state index is 0.567. The van der Waals surface area contributed by atoms with Crippen LogP contribution in [-0.4, -0.2) is 4.98 Å². The lowest BCUT2D eigenvalue weighted by Crippen LogP contribution is -1.81. The van der Waals surface area contributed by atoms with Gasteiger partial charge in [-0.25, -0.2) is 4.98 Å². The van der Waals surface area contributed by atoms with E-state index >= 15 is 0 Å². The minimum Gasteiger partial charge on any atom is -0.436 e. The van der Waals surface area contributed by atoms with Crippen LogP contribution >= 0.6 is 11.6 Å². The summed E-state index contributed by atoms with van der Waals surface area (Å²) in [6.07, 6.45) is 3.84. The van der Waals surface area contributed by atoms with Crippen molar-refractivity contribution in [3.05, 3.63) is 101 Å². The van der Waals surface area contributed by atoms with Gasteiger partial charge in [-0.05, 0) is 23.8 Å². The molecule has 0 bridgehead atoms. The summed E-state index contributed by atoms with van der Waals surface area (Å²) in [4.78, 5) is 4.71. The van der Waals surface area contributed by atoms with E-state index in [-0.39, 0.29) is 0 Å².